The number of fused-ring (bicyclic) bond motifs is 1. The van der Waals surface area contributed by atoms with Crippen molar-refractivity contribution in [2.75, 3.05) is 32.5 Å². The molecule has 3 aromatic rings. The van der Waals surface area contributed by atoms with E-state index in [0.717, 1.165) is 16.8 Å². The summed E-state index contributed by atoms with van der Waals surface area (Å²) in [5, 5.41) is 0. The number of carbonyl (C=O) groups excluding carboxylic acids is 2. The molecule has 0 fully saturated rings. The van der Waals surface area contributed by atoms with Crippen LogP contribution in [0.2, 0.25) is 0 Å². The molecule has 4 rings (SSSR count). The summed E-state index contributed by atoms with van der Waals surface area (Å²) in [7, 11) is 2.88. The highest BCUT2D eigenvalue weighted by molar-refractivity contribution is 6.10. The van der Waals surface area contributed by atoms with Gasteiger partial charge in [0.05, 0.1) is 14.2 Å². The molecule has 0 N–H and O–H groups in total. The molecule has 0 amide bonds. The molecule has 3 aromatic carbocycles. The Morgan fingerprint density at radius 2 is 1.76 bits per heavy atom. The Hall–Kier alpha value is -4.00. The van der Waals surface area contributed by atoms with Gasteiger partial charge in [-0.1, -0.05) is 42.5 Å². The van der Waals surface area contributed by atoms with Crippen LogP contribution in [0.15, 0.2) is 60.7 Å². The van der Waals surface area contributed by atoms with E-state index in [9.17, 15) is 9.59 Å². The van der Waals surface area contributed by atoms with Gasteiger partial charge in [0.15, 0.2) is 17.3 Å². The molecular formula is C26H25NO6. The minimum atomic E-state index is -0.359. The van der Waals surface area contributed by atoms with Crippen LogP contribution in [0.3, 0.4) is 0 Å². The molecule has 0 spiro atoms. The highest BCUT2D eigenvalue weighted by Crippen LogP contribution is 2.42. The average molecular weight is 447 g/mol. The minimum Gasteiger partial charge on any atom is -0.493 e. The van der Waals surface area contributed by atoms with E-state index in [4.69, 9.17) is 18.9 Å². The summed E-state index contributed by atoms with van der Waals surface area (Å²) in [6.07, 6.45) is 0. The molecule has 170 valence electrons. The molecule has 7 nitrogen and oxygen atoms in total. The van der Waals surface area contributed by atoms with E-state index in [1.807, 2.05) is 54.3 Å². The summed E-state index contributed by atoms with van der Waals surface area (Å²) in [5.74, 6) is 0.874. The maximum Gasteiger partial charge on any atom is 0.325 e. The number of anilines is 1. The van der Waals surface area contributed by atoms with Crippen LogP contribution in [0, 0.1) is 6.92 Å². The van der Waals surface area contributed by atoms with Gasteiger partial charge in [-0.2, -0.15) is 0 Å². The fourth-order valence-electron chi connectivity index (χ4n) is 3.87. The normalized spacial score (nSPS) is 11.7. The van der Waals surface area contributed by atoms with Crippen LogP contribution in [0.1, 0.15) is 27.0 Å². The Labute approximate surface area is 192 Å². The number of carbonyl (C=O) groups is 2. The number of benzene rings is 3. The summed E-state index contributed by atoms with van der Waals surface area (Å²) in [4.78, 5) is 27.6. The zero-order chi connectivity index (χ0) is 23.4. The monoisotopic (exact) mass is 447 g/mol. The first kappa shape index (κ1) is 22.2. The fourth-order valence-corrected chi connectivity index (χ4v) is 3.87. The molecule has 0 unspecified atom stereocenters. The third kappa shape index (κ3) is 4.62. The van der Waals surface area contributed by atoms with E-state index < -0.39 is 0 Å². The Bertz CT molecular complexity index is 1190. The standard InChI is InChI=1S/C26H25NO6/c1-17-8-4-7-11-21(17)27(15-24(28)31-3)14-18-9-5-6-10-20(18)25(29)19-12-22(30-2)26-23(13-19)32-16-33-26/h4-13H,14-16H2,1-3H3. The number of ketones is 1. The van der Waals surface area contributed by atoms with Gasteiger partial charge in [-0.25, -0.2) is 0 Å². The molecule has 0 aliphatic carbocycles. The summed E-state index contributed by atoms with van der Waals surface area (Å²) in [6, 6.07) is 18.5. The molecule has 1 aliphatic heterocycles. The third-order valence-corrected chi connectivity index (χ3v) is 5.55. The second-order valence-electron chi connectivity index (χ2n) is 7.62. The number of hydrogen-bond acceptors (Lipinski definition) is 7. The van der Waals surface area contributed by atoms with Crippen molar-refractivity contribution in [3.8, 4) is 17.2 Å². The van der Waals surface area contributed by atoms with Gasteiger partial charge in [-0.3, -0.25) is 9.59 Å². The van der Waals surface area contributed by atoms with E-state index in [0.29, 0.717) is 34.9 Å². The number of rotatable bonds is 8. The van der Waals surface area contributed by atoms with Gasteiger partial charge >= 0.3 is 5.97 Å². The number of esters is 1. The van der Waals surface area contributed by atoms with Crippen LogP contribution in [0.4, 0.5) is 5.69 Å². The second-order valence-corrected chi connectivity index (χ2v) is 7.62. The topological polar surface area (TPSA) is 74.3 Å². The fraction of sp³-hybridized carbons (Fsp3) is 0.231. The predicted octanol–water partition coefficient (Wildman–Crippen LogP) is 4.14. The van der Waals surface area contributed by atoms with Crippen molar-refractivity contribution in [2.45, 2.75) is 13.5 Å². The highest BCUT2D eigenvalue weighted by atomic mass is 16.7. The third-order valence-electron chi connectivity index (χ3n) is 5.55. The van der Waals surface area contributed by atoms with E-state index in [1.165, 1.54) is 14.2 Å². The van der Waals surface area contributed by atoms with Crippen molar-refractivity contribution in [1.82, 2.24) is 0 Å². The maximum atomic E-state index is 13.5. The maximum absolute atomic E-state index is 13.5. The Morgan fingerprint density at radius 3 is 2.52 bits per heavy atom. The molecule has 0 bridgehead atoms. The molecule has 33 heavy (non-hydrogen) atoms. The Kier molecular flexibility index (Phi) is 6.49. The number of hydrogen-bond donors (Lipinski definition) is 0. The largest absolute Gasteiger partial charge is 0.493 e. The summed E-state index contributed by atoms with van der Waals surface area (Å²) >= 11 is 0. The quantitative estimate of drug-likeness (QED) is 0.379. The first-order valence-electron chi connectivity index (χ1n) is 10.5. The minimum absolute atomic E-state index is 0.0573. The molecule has 0 saturated heterocycles. The van der Waals surface area contributed by atoms with Crippen molar-refractivity contribution in [3.63, 3.8) is 0 Å². The van der Waals surface area contributed by atoms with Crippen LogP contribution in [0.25, 0.3) is 0 Å². The first-order chi connectivity index (χ1) is 16.0. The molecule has 0 atom stereocenters. The number of ether oxygens (including phenoxy) is 4. The van der Waals surface area contributed by atoms with Gasteiger partial charge in [-0.05, 0) is 36.2 Å². The Morgan fingerprint density at radius 1 is 1.00 bits per heavy atom. The van der Waals surface area contributed by atoms with Crippen molar-refractivity contribution < 1.29 is 28.5 Å². The lowest BCUT2D eigenvalue weighted by Gasteiger charge is -2.26. The van der Waals surface area contributed by atoms with Crippen molar-refractivity contribution in [1.29, 1.82) is 0 Å². The van der Waals surface area contributed by atoms with Crippen molar-refractivity contribution in [2.24, 2.45) is 0 Å². The van der Waals surface area contributed by atoms with Crippen LogP contribution in [-0.2, 0) is 16.1 Å². The molecule has 1 aliphatic rings. The number of methoxy groups -OCH3 is 2. The molecule has 7 heteroatoms. The van der Waals surface area contributed by atoms with E-state index in [-0.39, 0.29) is 25.1 Å². The van der Waals surface area contributed by atoms with Gasteiger partial charge < -0.3 is 23.8 Å². The van der Waals surface area contributed by atoms with Crippen LogP contribution in [0.5, 0.6) is 17.2 Å². The lowest BCUT2D eigenvalue weighted by atomic mass is 9.97. The van der Waals surface area contributed by atoms with Crippen molar-refractivity contribution >= 4 is 17.4 Å². The molecular weight excluding hydrogens is 422 g/mol. The molecule has 0 aromatic heterocycles. The van der Waals surface area contributed by atoms with Crippen LogP contribution in [-0.4, -0.2) is 39.3 Å². The van der Waals surface area contributed by atoms with E-state index in [2.05, 4.69) is 0 Å². The second kappa shape index (κ2) is 9.65. The summed E-state index contributed by atoms with van der Waals surface area (Å²) in [5.41, 5.74) is 3.66. The lowest BCUT2D eigenvalue weighted by molar-refractivity contribution is -0.139. The predicted molar refractivity (Wildman–Crippen MR) is 123 cm³/mol. The SMILES string of the molecule is COC(=O)CN(Cc1ccccc1C(=O)c1cc(OC)c2c(c1)OCO2)c1ccccc1C. The van der Waals surface area contributed by atoms with Gasteiger partial charge in [0, 0.05) is 23.4 Å². The first-order valence-corrected chi connectivity index (χ1v) is 10.5. The van der Waals surface area contributed by atoms with Gasteiger partial charge in [0.1, 0.15) is 6.54 Å². The molecule has 1 heterocycles. The Balaban J connectivity index is 1.70. The van der Waals surface area contributed by atoms with Gasteiger partial charge in [-0.15, -0.1) is 0 Å². The smallest absolute Gasteiger partial charge is 0.325 e. The average Bonchev–Trinajstić information content (AvgIpc) is 3.32. The zero-order valence-electron chi connectivity index (χ0n) is 18.8. The number of nitrogens with zero attached hydrogens (tertiary/aromatic N) is 1. The number of para-hydroxylation sites is 1. The summed E-state index contributed by atoms with van der Waals surface area (Å²) in [6.45, 7) is 2.47. The van der Waals surface area contributed by atoms with Gasteiger partial charge in [0.2, 0.25) is 12.5 Å². The number of aryl methyl sites for hydroxylation is 1. The highest BCUT2D eigenvalue weighted by Gasteiger charge is 2.24. The molecule has 0 saturated carbocycles. The van der Waals surface area contributed by atoms with Crippen LogP contribution >= 0.6 is 0 Å². The van der Waals surface area contributed by atoms with Crippen LogP contribution < -0.4 is 19.1 Å². The lowest BCUT2D eigenvalue weighted by Crippen LogP contribution is -2.31. The van der Waals surface area contributed by atoms with E-state index >= 15 is 0 Å². The van der Waals surface area contributed by atoms with Gasteiger partial charge in [0.25, 0.3) is 0 Å². The van der Waals surface area contributed by atoms with Crippen molar-refractivity contribution in [3.05, 3.63) is 82.9 Å². The zero-order valence-corrected chi connectivity index (χ0v) is 18.8. The summed E-state index contributed by atoms with van der Waals surface area (Å²) < 4.78 is 21.2. The van der Waals surface area contributed by atoms with E-state index in [1.54, 1.807) is 18.2 Å². The molecule has 0 radical (unpaired) electrons.